The molecule has 1 heterocycles. The van der Waals surface area contributed by atoms with Gasteiger partial charge in [0.25, 0.3) is 0 Å². The third-order valence-electron chi connectivity index (χ3n) is 5.29. The maximum Gasteiger partial charge on any atom is 0.416 e. The first-order valence-electron chi connectivity index (χ1n) is 9.46. The van der Waals surface area contributed by atoms with E-state index in [1.54, 1.807) is 7.11 Å². The summed E-state index contributed by atoms with van der Waals surface area (Å²) in [5.74, 6) is 1.11. The fourth-order valence-electron chi connectivity index (χ4n) is 3.78. The molecule has 0 amide bonds. The van der Waals surface area contributed by atoms with Crippen molar-refractivity contribution >= 4 is 0 Å². The summed E-state index contributed by atoms with van der Waals surface area (Å²) in [7, 11) is 1.66. The number of hydrogen-bond donors (Lipinski definition) is 0. The number of benzene rings is 2. The molecule has 1 fully saturated rings. The van der Waals surface area contributed by atoms with Crippen molar-refractivity contribution < 1.29 is 17.9 Å². The van der Waals surface area contributed by atoms with Crippen LogP contribution < -0.4 is 4.74 Å². The van der Waals surface area contributed by atoms with Gasteiger partial charge in [-0.25, -0.2) is 0 Å². The van der Waals surface area contributed by atoms with Crippen molar-refractivity contribution in [3.05, 3.63) is 53.6 Å². The molecule has 0 aromatic heterocycles. The Morgan fingerprint density at radius 2 is 1.59 bits per heavy atom. The molecule has 1 atom stereocenters. The Morgan fingerprint density at radius 1 is 0.963 bits per heavy atom. The molecule has 0 aliphatic carbocycles. The van der Waals surface area contributed by atoms with Crippen molar-refractivity contribution in [1.82, 2.24) is 4.90 Å². The highest BCUT2D eigenvalue weighted by atomic mass is 19.4. The number of piperidine rings is 1. The minimum atomic E-state index is -4.31. The topological polar surface area (TPSA) is 12.5 Å². The van der Waals surface area contributed by atoms with E-state index >= 15 is 0 Å². The Morgan fingerprint density at radius 3 is 2.19 bits per heavy atom. The van der Waals surface area contributed by atoms with E-state index in [4.69, 9.17) is 4.74 Å². The SMILES string of the molecule is COc1ccc(-c2ccc(C(F)(F)F)cc2)cc1C(C)CN1CCCCC1. The predicted octanol–water partition coefficient (Wildman–Crippen LogP) is 5.97. The van der Waals surface area contributed by atoms with E-state index in [1.807, 2.05) is 12.1 Å². The Hall–Kier alpha value is -2.01. The molecule has 1 aliphatic heterocycles. The summed E-state index contributed by atoms with van der Waals surface area (Å²) in [5.41, 5.74) is 2.15. The zero-order valence-corrected chi connectivity index (χ0v) is 15.9. The van der Waals surface area contributed by atoms with Gasteiger partial charge >= 0.3 is 6.18 Å². The molecular formula is C22H26F3NO. The van der Waals surface area contributed by atoms with Gasteiger partial charge in [-0.15, -0.1) is 0 Å². The van der Waals surface area contributed by atoms with Crippen molar-refractivity contribution in [3.8, 4) is 16.9 Å². The van der Waals surface area contributed by atoms with Crippen LogP contribution in [-0.4, -0.2) is 31.6 Å². The minimum absolute atomic E-state index is 0.285. The quantitative estimate of drug-likeness (QED) is 0.636. The smallest absolute Gasteiger partial charge is 0.416 e. The monoisotopic (exact) mass is 377 g/mol. The highest BCUT2D eigenvalue weighted by Crippen LogP contribution is 2.34. The summed E-state index contributed by atoms with van der Waals surface area (Å²) in [6.07, 6.45) is -0.519. The Balaban J connectivity index is 1.84. The molecular weight excluding hydrogens is 351 g/mol. The van der Waals surface area contributed by atoms with Crippen molar-refractivity contribution in [2.75, 3.05) is 26.7 Å². The van der Waals surface area contributed by atoms with E-state index in [0.29, 0.717) is 0 Å². The predicted molar refractivity (Wildman–Crippen MR) is 102 cm³/mol. The maximum atomic E-state index is 12.8. The summed E-state index contributed by atoms with van der Waals surface area (Å²) in [6, 6.07) is 11.2. The van der Waals surface area contributed by atoms with E-state index in [1.165, 1.54) is 31.4 Å². The van der Waals surface area contributed by atoms with E-state index in [-0.39, 0.29) is 5.92 Å². The lowest BCUT2D eigenvalue weighted by molar-refractivity contribution is -0.137. The number of alkyl halides is 3. The number of nitrogens with zero attached hydrogens (tertiary/aromatic N) is 1. The van der Waals surface area contributed by atoms with Crippen LogP contribution >= 0.6 is 0 Å². The zero-order chi connectivity index (χ0) is 19.4. The van der Waals surface area contributed by atoms with E-state index in [2.05, 4.69) is 17.9 Å². The van der Waals surface area contributed by atoms with Gasteiger partial charge in [-0.05, 0) is 72.8 Å². The van der Waals surface area contributed by atoms with Crippen LogP contribution in [0, 0.1) is 0 Å². The second kappa shape index (κ2) is 8.34. The molecule has 2 nitrogen and oxygen atoms in total. The van der Waals surface area contributed by atoms with Crippen LogP contribution in [0.2, 0.25) is 0 Å². The average Bonchev–Trinajstić information content (AvgIpc) is 2.67. The normalized spacial score (nSPS) is 16.9. The van der Waals surface area contributed by atoms with Gasteiger partial charge in [-0.2, -0.15) is 13.2 Å². The van der Waals surface area contributed by atoms with Gasteiger partial charge in [0.2, 0.25) is 0 Å². The fourth-order valence-corrected chi connectivity index (χ4v) is 3.78. The van der Waals surface area contributed by atoms with Gasteiger partial charge in [-0.3, -0.25) is 0 Å². The summed E-state index contributed by atoms with van der Waals surface area (Å²) in [4.78, 5) is 2.48. The molecule has 0 N–H and O–H groups in total. The minimum Gasteiger partial charge on any atom is -0.496 e. The molecule has 3 rings (SSSR count). The molecule has 0 radical (unpaired) electrons. The number of hydrogen-bond acceptors (Lipinski definition) is 2. The van der Waals surface area contributed by atoms with Gasteiger partial charge in [0.15, 0.2) is 0 Å². The first kappa shape index (κ1) is 19.7. The number of methoxy groups -OCH3 is 1. The van der Waals surface area contributed by atoms with Crippen molar-refractivity contribution in [3.63, 3.8) is 0 Å². The van der Waals surface area contributed by atoms with Crippen molar-refractivity contribution in [1.29, 1.82) is 0 Å². The molecule has 5 heteroatoms. The van der Waals surface area contributed by atoms with Gasteiger partial charge in [0.05, 0.1) is 12.7 Å². The number of rotatable bonds is 5. The lowest BCUT2D eigenvalue weighted by atomic mass is 9.94. The fraction of sp³-hybridized carbons (Fsp3) is 0.455. The molecule has 146 valence electrons. The number of ether oxygens (including phenoxy) is 1. The Kier molecular flexibility index (Phi) is 6.10. The van der Waals surface area contributed by atoms with Crippen LogP contribution in [0.5, 0.6) is 5.75 Å². The van der Waals surface area contributed by atoms with Crippen LogP contribution in [0.3, 0.4) is 0 Å². The first-order valence-corrected chi connectivity index (χ1v) is 9.46. The molecule has 1 unspecified atom stereocenters. The lowest BCUT2D eigenvalue weighted by Gasteiger charge is -2.29. The molecule has 1 saturated heterocycles. The molecule has 27 heavy (non-hydrogen) atoms. The Labute approximate surface area is 159 Å². The highest BCUT2D eigenvalue weighted by Gasteiger charge is 2.30. The van der Waals surface area contributed by atoms with Gasteiger partial charge < -0.3 is 9.64 Å². The second-order valence-corrected chi connectivity index (χ2v) is 7.29. The van der Waals surface area contributed by atoms with Crippen molar-refractivity contribution in [2.45, 2.75) is 38.3 Å². The lowest BCUT2D eigenvalue weighted by Crippen LogP contribution is -2.32. The van der Waals surface area contributed by atoms with Gasteiger partial charge in [-0.1, -0.05) is 31.5 Å². The molecule has 2 aromatic carbocycles. The average molecular weight is 377 g/mol. The van der Waals surface area contributed by atoms with Crippen LogP contribution in [-0.2, 0) is 6.18 Å². The third-order valence-corrected chi connectivity index (χ3v) is 5.29. The van der Waals surface area contributed by atoms with Crippen molar-refractivity contribution in [2.24, 2.45) is 0 Å². The van der Waals surface area contributed by atoms with Gasteiger partial charge in [0, 0.05) is 6.54 Å². The van der Waals surface area contributed by atoms with E-state index in [9.17, 15) is 13.2 Å². The zero-order valence-electron chi connectivity index (χ0n) is 15.9. The maximum absolute atomic E-state index is 12.8. The highest BCUT2D eigenvalue weighted by molar-refractivity contribution is 5.66. The number of likely N-dealkylation sites (tertiary alicyclic amines) is 1. The summed E-state index contributed by atoms with van der Waals surface area (Å²) < 4.78 is 43.9. The first-order chi connectivity index (χ1) is 12.9. The second-order valence-electron chi connectivity index (χ2n) is 7.29. The van der Waals surface area contributed by atoms with Gasteiger partial charge in [0.1, 0.15) is 5.75 Å². The summed E-state index contributed by atoms with van der Waals surface area (Å²) in [6.45, 7) is 5.41. The van der Waals surface area contributed by atoms with Crippen LogP contribution in [0.25, 0.3) is 11.1 Å². The van der Waals surface area contributed by atoms with Crippen LogP contribution in [0.1, 0.15) is 43.2 Å². The molecule has 1 aliphatic rings. The number of halogens is 3. The Bertz CT molecular complexity index is 749. The molecule has 2 aromatic rings. The van der Waals surface area contributed by atoms with E-state index < -0.39 is 11.7 Å². The molecule has 0 saturated carbocycles. The third kappa shape index (κ3) is 4.83. The summed E-state index contributed by atoms with van der Waals surface area (Å²) >= 11 is 0. The summed E-state index contributed by atoms with van der Waals surface area (Å²) in [5, 5.41) is 0. The van der Waals surface area contributed by atoms with Crippen LogP contribution in [0.4, 0.5) is 13.2 Å². The molecule has 0 spiro atoms. The largest absolute Gasteiger partial charge is 0.496 e. The van der Waals surface area contributed by atoms with Crippen LogP contribution in [0.15, 0.2) is 42.5 Å². The van der Waals surface area contributed by atoms with E-state index in [0.717, 1.165) is 54.2 Å². The standard InChI is InChI=1S/C22H26F3NO/c1-16(15-26-12-4-3-5-13-26)20-14-18(8-11-21(20)27-2)17-6-9-19(10-7-17)22(23,24)25/h6-11,14,16H,3-5,12-13,15H2,1-2H3. The molecule has 0 bridgehead atoms.